The monoisotopic (exact) mass is 281 g/mol. The topological polar surface area (TPSA) is 113 Å². The number of nitrogens with one attached hydrogen (secondary N) is 1. The van der Waals surface area contributed by atoms with Crippen molar-refractivity contribution in [2.45, 2.75) is 18.9 Å². The molecule has 0 radical (unpaired) electrons. The van der Waals surface area contributed by atoms with Crippen LogP contribution in [0.15, 0.2) is 24.3 Å². The van der Waals surface area contributed by atoms with Gasteiger partial charge in [0.1, 0.15) is 11.8 Å². The molecule has 0 aliphatic rings. The molecule has 0 saturated carbocycles. The van der Waals surface area contributed by atoms with Crippen LogP contribution in [0.25, 0.3) is 0 Å². The van der Waals surface area contributed by atoms with Gasteiger partial charge in [0, 0.05) is 12.0 Å². The van der Waals surface area contributed by atoms with Gasteiger partial charge >= 0.3 is 11.9 Å². The highest BCUT2D eigenvalue weighted by atomic mass is 16.5. The van der Waals surface area contributed by atoms with Gasteiger partial charge in [-0.05, 0) is 30.7 Å². The minimum atomic E-state index is -1.24. The molecule has 0 aliphatic carbocycles. The van der Waals surface area contributed by atoms with Gasteiger partial charge in [-0.25, -0.2) is 4.79 Å². The first kappa shape index (κ1) is 15.5. The molecule has 0 aromatic heterocycles. The van der Waals surface area contributed by atoms with E-state index in [1.165, 1.54) is 31.4 Å². The summed E-state index contributed by atoms with van der Waals surface area (Å²) in [5, 5.41) is 20.4. The van der Waals surface area contributed by atoms with Gasteiger partial charge in [-0.3, -0.25) is 9.59 Å². The summed E-state index contributed by atoms with van der Waals surface area (Å²) in [6.45, 7) is 0. The van der Waals surface area contributed by atoms with E-state index in [-0.39, 0.29) is 24.2 Å². The lowest BCUT2D eigenvalue weighted by Crippen LogP contribution is -2.41. The molecule has 0 bridgehead atoms. The second-order valence-corrected chi connectivity index (χ2v) is 4.03. The molecule has 7 heteroatoms. The second-order valence-electron chi connectivity index (χ2n) is 4.03. The van der Waals surface area contributed by atoms with Crippen LogP contribution in [0.1, 0.15) is 23.2 Å². The highest BCUT2D eigenvalue weighted by Crippen LogP contribution is 2.10. The zero-order valence-corrected chi connectivity index (χ0v) is 10.8. The Morgan fingerprint density at radius 2 is 1.85 bits per heavy atom. The average Bonchev–Trinajstić information content (AvgIpc) is 2.43. The molecule has 7 nitrogen and oxygen atoms in total. The smallest absolute Gasteiger partial charge is 0.326 e. The van der Waals surface area contributed by atoms with E-state index in [0.717, 1.165) is 0 Å². The number of phenols is 1. The number of aliphatic carboxylic acids is 1. The highest BCUT2D eigenvalue weighted by molar-refractivity contribution is 5.96. The van der Waals surface area contributed by atoms with Crippen molar-refractivity contribution >= 4 is 17.8 Å². The molecule has 108 valence electrons. The average molecular weight is 281 g/mol. The van der Waals surface area contributed by atoms with Crippen molar-refractivity contribution in [1.82, 2.24) is 5.32 Å². The molecule has 1 rings (SSSR count). The maximum Gasteiger partial charge on any atom is 0.326 e. The summed E-state index contributed by atoms with van der Waals surface area (Å²) in [6.07, 6.45) is -0.171. The summed E-state index contributed by atoms with van der Waals surface area (Å²) >= 11 is 0. The number of carboxylic acid groups (broad SMARTS) is 1. The Kier molecular flexibility index (Phi) is 5.52. The van der Waals surface area contributed by atoms with E-state index in [9.17, 15) is 14.4 Å². The molecule has 0 unspecified atom stereocenters. The summed E-state index contributed by atoms with van der Waals surface area (Å²) in [7, 11) is 1.20. The predicted molar refractivity (Wildman–Crippen MR) is 68.2 cm³/mol. The van der Waals surface area contributed by atoms with Gasteiger partial charge in [-0.15, -0.1) is 0 Å². The van der Waals surface area contributed by atoms with Gasteiger partial charge < -0.3 is 20.3 Å². The Hall–Kier alpha value is -2.57. The predicted octanol–water partition coefficient (Wildman–Crippen LogP) is 0.528. The first-order chi connectivity index (χ1) is 9.43. The fourth-order valence-corrected chi connectivity index (χ4v) is 1.48. The summed E-state index contributed by atoms with van der Waals surface area (Å²) in [5.41, 5.74) is 0.215. The Labute approximate surface area is 115 Å². The number of carbonyl (C=O) groups is 3. The van der Waals surface area contributed by atoms with Crippen molar-refractivity contribution in [3.05, 3.63) is 29.8 Å². The van der Waals surface area contributed by atoms with Crippen molar-refractivity contribution in [2.75, 3.05) is 7.11 Å². The van der Waals surface area contributed by atoms with Gasteiger partial charge in [-0.2, -0.15) is 0 Å². The normalized spacial score (nSPS) is 11.4. The summed E-state index contributed by atoms with van der Waals surface area (Å²) in [4.78, 5) is 33.8. The molecule has 1 amide bonds. The maximum atomic E-state index is 11.8. The SMILES string of the molecule is COC(=O)CC[C@@H](NC(=O)c1ccc(O)cc1)C(=O)O. The van der Waals surface area contributed by atoms with Crippen LogP contribution >= 0.6 is 0 Å². The van der Waals surface area contributed by atoms with E-state index in [1.807, 2.05) is 0 Å². The quantitative estimate of drug-likeness (QED) is 0.655. The fraction of sp³-hybridized carbons (Fsp3) is 0.308. The number of carboxylic acids is 1. The Balaban J connectivity index is 2.65. The number of phenolic OH excluding ortho intramolecular Hbond substituents is 1. The van der Waals surface area contributed by atoms with E-state index in [0.29, 0.717) is 0 Å². The molecule has 1 aromatic carbocycles. The number of amides is 1. The van der Waals surface area contributed by atoms with Crippen LogP contribution in [-0.4, -0.2) is 41.2 Å². The van der Waals surface area contributed by atoms with Gasteiger partial charge in [-0.1, -0.05) is 0 Å². The molecule has 0 saturated heterocycles. The summed E-state index contributed by atoms with van der Waals surface area (Å²) in [6, 6.07) is 4.18. The Morgan fingerprint density at radius 1 is 1.25 bits per heavy atom. The second kappa shape index (κ2) is 7.13. The van der Waals surface area contributed by atoms with Crippen LogP contribution in [-0.2, 0) is 14.3 Å². The molecule has 3 N–H and O–H groups in total. The Bertz CT molecular complexity index is 496. The van der Waals surface area contributed by atoms with Crippen LogP contribution < -0.4 is 5.32 Å². The van der Waals surface area contributed by atoms with E-state index in [4.69, 9.17) is 10.2 Å². The molecule has 1 aromatic rings. The van der Waals surface area contributed by atoms with E-state index in [1.54, 1.807) is 0 Å². The number of ether oxygens (including phenoxy) is 1. The minimum Gasteiger partial charge on any atom is -0.508 e. The van der Waals surface area contributed by atoms with E-state index >= 15 is 0 Å². The molecule has 0 spiro atoms. The first-order valence-corrected chi connectivity index (χ1v) is 5.83. The highest BCUT2D eigenvalue weighted by Gasteiger charge is 2.21. The third kappa shape index (κ3) is 4.60. The van der Waals surface area contributed by atoms with Crippen molar-refractivity contribution in [1.29, 1.82) is 0 Å². The standard InChI is InChI=1S/C13H15NO6/c1-20-11(16)7-6-10(13(18)19)14-12(17)8-2-4-9(15)5-3-8/h2-5,10,15H,6-7H2,1H3,(H,14,17)(H,18,19)/t10-/m1/s1. The zero-order valence-electron chi connectivity index (χ0n) is 10.8. The Morgan fingerprint density at radius 3 is 2.35 bits per heavy atom. The van der Waals surface area contributed by atoms with Gasteiger partial charge in [0.25, 0.3) is 5.91 Å². The van der Waals surface area contributed by atoms with Crippen molar-refractivity contribution in [3.8, 4) is 5.75 Å². The third-order valence-electron chi connectivity index (χ3n) is 2.60. The third-order valence-corrected chi connectivity index (χ3v) is 2.60. The van der Waals surface area contributed by atoms with Crippen LogP contribution in [0.4, 0.5) is 0 Å². The molecular formula is C13H15NO6. The molecule has 0 aliphatic heterocycles. The lowest BCUT2D eigenvalue weighted by atomic mass is 10.1. The van der Waals surface area contributed by atoms with E-state index in [2.05, 4.69) is 10.1 Å². The number of methoxy groups -OCH3 is 1. The van der Waals surface area contributed by atoms with Crippen LogP contribution in [0.3, 0.4) is 0 Å². The minimum absolute atomic E-state index is 0.00188. The number of rotatable bonds is 6. The lowest BCUT2D eigenvalue weighted by molar-refractivity contribution is -0.142. The molecule has 20 heavy (non-hydrogen) atoms. The van der Waals surface area contributed by atoms with Gasteiger partial charge in [0.2, 0.25) is 0 Å². The summed E-state index contributed by atoms with van der Waals surface area (Å²) < 4.78 is 4.41. The van der Waals surface area contributed by atoms with Gasteiger partial charge in [0.15, 0.2) is 0 Å². The largest absolute Gasteiger partial charge is 0.508 e. The van der Waals surface area contributed by atoms with Crippen molar-refractivity contribution in [3.63, 3.8) is 0 Å². The molecule has 1 atom stereocenters. The zero-order chi connectivity index (χ0) is 15.1. The number of esters is 1. The van der Waals surface area contributed by atoms with Crippen molar-refractivity contribution < 1.29 is 29.3 Å². The number of hydrogen-bond donors (Lipinski definition) is 3. The fourth-order valence-electron chi connectivity index (χ4n) is 1.48. The van der Waals surface area contributed by atoms with Crippen LogP contribution in [0.5, 0.6) is 5.75 Å². The lowest BCUT2D eigenvalue weighted by Gasteiger charge is -2.13. The van der Waals surface area contributed by atoms with Crippen LogP contribution in [0, 0.1) is 0 Å². The maximum absolute atomic E-state index is 11.8. The number of carbonyl (C=O) groups excluding carboxylic acids is 2. The van der Waals surface area contributed by atoms with Crippen LogP contribution in [0.2, 0.25) is 0 Å². The molecule has 0 fully saturated rings. The number of hydrogen-bond acceptors (Lipinski definition) is 5. The van der Waals surface area contributed by atoms with E-state index < -0.39 is 23.9 Å². The van der Waals surface area contributed by atoms with Crippen molar-refractivity contribution in [2.24, 2.45) is 0 Å². The number of benzene rings is 1. The summed E-state index contributed by atoms with van der Waals surface area (Å²) in [5.74, 6) is -2.37. The molecular weight excluding hydrogens is 266 g/mol. The number of aromatic hydroxyl groups is 1. The van der Waals surface area contributed by atoms with Gasteiger partial charge in [0.05, 0.1) is 7.11 Å². The first-order valence-electron chi connectivity index (χ1n) is 5.83. The molecule has 0 heterocycles.